The third-order valence-electron chi connectivity index (χ3n) is 3.02. The fourth-order valence-electron chi connectivity index (χ4n) is 2.22. The van der Waals surface area contributed by atoms with Gasteiger partial charge in [0.1, 0.15) is 6.26 Å². The molecule has 0 aliphatic carbocycles. The number of nitrogens with two attached hydrogens (primary N) is 1. The Labute approximate surface area is 90.5 Å². The molecular weight excluding hydrogens is 190 g/mol. The molecule has 1 aliphatic heterocycles. The monoisotopic (exact) mass is 209 g/mol. The lowest BCUT2D eigenvalue weighted by molar-refractivity contribution is 0.233. The summed E-state index contributed by atoms with van der Waals surface area (Å²) in [5.41, 5.74) is 6.47. The van der Waals surface area contributed by atoms with Crippen molar-refractivity contribution >= 4 is 0 Å². The zero-order valence-electron chi connectivity index (χ0n) is 9.28. The van der Waals surface area contributed by atoms with Crippen molar-refractivity contribution in [2.45, 2.75) is 32.2 Å². The number of likely N-dealkylation sites (tertiary alicyclic amines) is 1. The highest BCUT2D eigenvalue weighted by molar-refractivity contribution is 5.02. The van der Waals surface area contributed by atoms with E-state index in [1.165, 1.54) is 6.42 Å². The van der Waals surface area contributed by atoms with Crippen LogP contribution in [-0.4, -0.2) is 29.5 Å². The summed E-state index contributed by atoms with van der Waals surface area (Å²) in [5.74, 6) is 0.873. The molecule has 84 valence electrons. The molecule has 1 aromatic heterocycles. The van der Waals surface area contributed by atoms with Crippen LogP contribution in [0, 0.1) is 0 Å². The quantitative estimate of drug-likeness (QED) is 0.813. The van der Waals surface area contributed by atoms with Gasteiger partial charge in [0, 0.05) is 6.42 Å². The maximum absolute atomic E-state index is 5.52. The minimum atomic E-state index is 0.390. The van der Waals surface area contributed by atoms with Gasteiger partial charge in [0.25, 0.3) is 0 Å². The highest BCUT2D eigenvalue weighted by Crippen LogP contribution is 2.30. The smallest absolute Gasteiger partial charge is 0.211 e. The molecule has 0 bridgehead atoms. The van der Waals surface area contributed by atoms with Crippen molar-refractivity contribution in [2.24, 2.45) is 5.73 Å². The summed E-state index contributed by atoms with van der Waals surface area (Å²) in [5, 5.41) is 0. The standard InChI is InChI=1S/C11H19N3O/c1-2-14-7-3-4-10(14)11-13-9(5-6-12)8-15-11/h8,10H,2-7,12H2,1H3. The predicted molar refractivity (Wildman–Crippen MR) is 58.5 cm³/mol. The van der Waals surface area contributed by atoms with Crippen LogP contribution in [0.5, 0.6) is 0 Å². The van der Waals surface area contributed by atoms with Crippen molar-refractivity contribution in [2.75, 3.05) is 19.6 Å². The lowest BCUT2D eigenvalue weighted by atomic mass is 10.2. The molecule has 2 N–H and O–H groups in total. The van der Waals surface area contributed by atoms with Gasteiger partial charge in [-0.15, -0.1) is 0 Å². The van der Waals surface area contributed by atoms with Gasteiger partial charge in [-0.1, -0.05) is 6.92 Å². The average Bonchev–Trinajstić information content (AvgIpc) is 2.84. The zero-order valence-corrected chi connectivity index (χ0v) is 9.28. The summed E-state index contributed by atoms with van der Waals surface area (Å²) in [6.07, 6.45) is 4.96. The van der Waals surface area contributed by atoms with E-state index in [0.29, 0.717) is 12.6 Å². The molecule has 0 radical (unpaired) electrons. The van der Waals surface area contributed by atoms with Crippen LogP contribution in [-0.2, 0) is 6.42 Å². The molecule has 1 unspecified atom stereocenters. The normalized spacial score (nSPS) is 22.4. The lowest BCUT2D eigenvalue weighted by Gasteiger charge is -2.19. The van der Waals surface area contributed by atoms with Gasteiger partial charge in [0.15, 0.2) is 0 Å². The summed E-state index contributed by atoms with van der Waals surface area (Å²) in [6, 6.07) is 0.390. The fraction of sp³-hybridized carbons (Fsp3) is 0.727. The number of hydrogen-bond donors (Lipinski definition) is 1. The molecule has 0 saturated carbocycles. The van der Waals surface area contributed by atoms with Gasteiger partial charge >= 0.3 is 0 Å². The molecule has 15 heavy (non-hydrogen) atoms. The molecule has 1 saturated heterocycles. The van der Waals surface area contributed by atoms with Crippen molar-refractivity contribution in [1.82, 2.24) is 9.88 Å². The highest BCUT2D eigenvalue weighted by Gasteiger charge is 2.28. The summed E-state index contributed by atoms with van der Waals surface area (Å²) in [6.45, 7) is 5.05. The SMILES string of the molecule is CCN1CCCC1c1nc(CCN)co1. The van der Waals surface area contributed by atoms with E-state index in [2.05, 4.69) is 16.8 Å². The van der Waals surface area contributed by atoms with Crippen LogP contribution >= 0.6 is 0 Å². The first-order valence-corrected chi connectivity index (χ1v) is 5.73. The number of hydrogen-bond acceptors (Lipinski definition) is 4. The Bertz CT molecular complexity index is 311. The van der Waals surface area contributed by atoms with Gasteiger partial charge in [-0.3, -0.25) is 4.90 Å². The summed E-state index contributed by atoms with van der Waals surface area (Å²) < 4.78 is 5.52. The molecule has 1 atom stereocenters. The van der Waals surface area contributed by atoms with Gasteiger partial charge in [-0.2, -0.15) is 0 Å². The summed E-state index contributed by atoms with van der Waals surface area (Å²) >= 11 is 0. The van der Waals surface area contributed by atoms with Gasteiger partial charge in [-0.05, 0) is 32.5 Å². The van der Waals surface area contributed by atoms with Crippen LogP contribution in [0.2, 0.25) is 0 Å². The third kappa shape index (κ3) is 2.21. The van der Waals surface area contributed by atoms with Crippen molar-refractivity contribution in [3.05, 3.63) is 17.8 Å². The number of oxazole rings is 1. The number of rotatable bonds is 4. The summed E-state index contributed by atoms with van der Waals surface area (Å²) in [7, 11) is 0. The van der Waals surface area contributed by atoms with Gasteiger partial charge in [0.2, 0.25) is 5.89 Å². The van der Waals surface area contributed by atoms with Crippen molar-refractivity contribution in [3.63, 3.8) is 0 Å². The first-order chi connectivity index (χ1) is 7.35. The molecular formula is C11H19N3O. The van der Waals surface area contributed by atoms with Crippen LogP contribution in [0.3, 0.4) is 0 Å². The van der Waals surface area contributed by atoms with Crippen LogP contribution < -0.4 is 5.73 Å². The topological polar surface area (TPSA) is 55.3 Å². The molecule has 2 heterocycles. The maximum Gasteiger partial charge on any atom is 0.211 e. The highest BCUT2D eigenvalue weighted by atomic mass is 16.3. The first kappa shape index (κ1) is 10.6. The Hall–Kier alpha value is -0.870. The Morgan fingerprint density at radius 3 is 3.27 bits per heavy atom. The van der Waals surface area contributed by atoms with Crippen LogP contribution in [0.4, 0.5) is 0 Å². The van der Waals surface area contributed by atoms with Crippen LogP contribution in [0.25, 0.3) is 0 Å². The van der Waals surface area contributed by atoms with E-state index in [-0.39, 0.29) is 0 Å². The second-order valence-electron chi connectivity index (χ2n) is 4.00. The third-order valence-corrected chi connectivity index (χ3v) is 3.02. The minimum Gasteiger partial charge on any atom is -0.447 e. The van der Waals surface area contributed by atoms with Crippen molar-refractivity contribution in [1.29, 1.82) is 0 Å². The van der Waals surface area contributed by atoms with Crippen LogP contribution in [0.1, 0.15) is 37.4 Å². The molecule has 1 fully saturated rings. The van der Waals surface area contributed by atoms with Crippen LogP contribution in [0.15, 0.2) is 10.7 Å². The Kier molecular flexibility index (Phi) is 3.38. The van der Waals surface area contributed by atoms with E-state index in [0.717, 1.165) is 37.5 Å². The second kappa shape index (κ2) is 4.77. The molecule has 2 rings (SSSR count). The largest absolute Gasteiger partial charge is 0.447 e. The number of nitrogens with zero attached hydrogens (tertiary/aromatic N) is 2. The molecule has 1 aliphatic rings. The molecule has 4 heteroatoms. The van der Waals surface area contributed by atoms with E-state index in [4.69, 9.17) is 10.2 Å². The zero-order chi connectivity index (χ0) is 10.7. The van der Waals surface area contributed by atoms with Gasteiger partial charge in [0.05, 0.1) is 11.7 Å². The average molecular weight is 209 g/mol. The van der Waals surface area contributed by atoms with Gasteiger partial charge < -0.3 is 10.2 Å². The minimum absolute atomic E-state index is 0.390. The van der Waals surface area contributed by atoms with Gasteiger partial charge in [-0.25, -0.2) is 4.98 Å². The van der Waals surface area contributed by atoms with E-state index in [1.54, 1.807) is 6.26 Å². The van der Waals surface area contributed by atoms with E-state index >= 15 is 0 Å². The molecule has 0 spiro atoms. The van der Waals surface area contributed by atoms with E-state index < -0.39 is 0 Å². The molecule has 0 aromatic carbocycles. The van der Waals surface area contributed by atoms with Crippen molar-refractivity contribution < 1.29 is 4.42 Å². The maximum atomic E-state index is 5.52. The summed E-state index contributed by atoms with van der Waals surface area (Å²) in [4.78, 5) is 6.91. The second-order valence-corrected chi connectivity index (χ2v) is 4.00. The lowest BCUT2D eigenvalue weighted by Crippen LogP contribution is -2.22. The van der Waals surface area contributed by atoms with Crippen molar-refractivity contribution in [3.8, 4) is 0 Å². The molecule has 0 amide bonds. The van der Waals surface area contributed by atoms with E-state index in [1.807, 2.05) is 0 Å². The predicted octanol–water partition coefficient (Wildman–Crippen LogP) is 1.33. The Morgan fingerprint density at radius 2 is 2.53 bits per heavy atom. The Morgan fingerprint density at radius 1 is 1.67 bits per heavy atom. The molecule has 4 nitrogen and oxygen atoms in total. The number of aromatic nitrogens is 1. The Balaban J connectivity index is 2.07. The first-order valence-electron chi connectivity index (χ1n) is 5.73. The van der Waals surface area contributed by atoms with E-state index in [9.17, 15) is 0 Å². The fourth-order valence-corrected chi connectivity index (χ4v) is 2.22. The molecule has 1 aromatic rings.